The maximum atomic E-state index is 5.51. The second kappa shape index (κ2) is 4.57. The van der Waals surface area contributed by atoms with E-state index in [0.29, 0.717) is 19.1 Å². The van der Waals surface area contributed by atoms with Gasteiger partial charge in [-0.25, -0.2) is 4.98 Å². The van der Waals surface area contributed by atoms with Crippen molar-refractivity contribution in [1.29, 1.82) is 0 Å². The Bertz CT molecular complexity index is 279. The summed E-state index contributed by atoms with van der Waals surface area (Å²) in [6.45, 7) is 1.47. The van der Waals surface area contributed by atoms with Gasteiger partial charge in [-0.3, -0.25) is 0 Å². The molecule has 0 spiro atoms. The average Bonchev–Trinajstić information content (AvgIpc) is 2.79. The Morgan fingerprint density at radius 1 is 1.57 bits per heavy atom. The van der Waals surface area contributed by atoms with E-state index < -0.39 is 0 Å². The van der Waals surface area contributed by atoms with Crippen LogP contribution in [0.4, 0.5) is 0 Å². The molecule has 1 atom stereocenters. The van der Waals surface area contributed by atoms with Gasteiger partial charge in [0.05, 0.1) is 12.3 Å². The molecule has 1 aromatic rings. The van der Waals surface area contributed by atoms with Gasteiger partial charge in [-0.1, -0.05) is 0 Å². The van der Waals surface area contributed by atoms with E-state index in [1.165, 1.54) is 0 Å². The van der Waals surface area contributed by atoms with Gasteiger partial charge in [-0.05, 0) is 12.8 Å². The van der Waals surface area contributed by atoms with Crippen molar-refractivity contribution < 1.29 is 9.15 Å². The Labute approximate surface area is 83.4 Å². The minimum atomic E-state index is 0.327. The van der Waals surface area contributed by atoms with Crippen molar-refractivity contribution in [3.63, 3.8) is 0 Å². The third-order valence-electron chi connectivity index (χ3n) is 2.41. The molecule has 0 aromatic carbocycles. The highest BCUT2D eigenvalue weighted by molar-refractivity contribution is 4.97. The van der Waals surface area contributed by atoms with Gasteiger partial charge in [-0.2, -0.15) is 0 Å². The zero-order valence-corrected chi connectivity index (χ0v) is 8.24. The summed E-state index contributed by atoms with van der Waals surface area (Å²) in [5.41, 5.74) is 5.41. The van der Waals surface area contributed by atoms with E-state index in [0.717, 1.165) is 37.5 Å². The summed E-state index contributed by atoms with van der Waals surface area (Å²) in [6.07, 6.45) is 5.96. The highest BCUT2D eigenvalue weighted by Crippen LogP contribution is 2.17. The predicted octanol–water partition coefficient (Wildman–Crippen LogP) is 0.897. The Balaban J connectivity index is 1.88. The van der Waals surface area contributed by atoms with E-state index >= 15 is 0 Å². The zero-order valence-electron chi connectivity index (χ0n) is 8.24. The molecule has 0 radical (unpaired) electrons. The maximum absolute atomic E-state index is 5.51. The lowest BCUT2D eigenvalue weighted by Gasteiger charge is -2.05. The maximum Gasteiger partial charge on any atom is 0.195 e. The fourth-order valence-corrected chi connectivity index (χ4v) is 1.71. The fourth-order valence-electron chi connectivity index (χ4n) is 1.71. The lowest BCUT2D eigenvalue weighted by Crippen LogP contribution is -2.07. The second-order valence-electron chi connectivity index (χ2n) is 3.60. The molecule has 14 heavy (non-hydrogen) atoms. The highest BCUT2D eigenvalue weighted by Gasteiger charge is 2.17. The molecule has 2 heterocycles. The van der Waals surface area contributed by atoms with E-state index in [2.05, 4.69) is 4.98 Å². The molecule has 1 saturated heterocycles. The average molecular weight is 196 g/mol. The molecule has 4 nitrogen and oxygen atoms in total. The number of nitrogens with two attached hydrogens (primary N) is 1. The first-order chi connectivity index (χ1) is 6.88. The van der Waals surface area contributed by atoms with Crippen LogP contribution in [0, 0.1) is 0 Å². The standard InChI is InChI=1S/C10H16N2O2/c11-4-3-10-12-7-9(14-10)6-8-2-1-5-13-8/h7-8H,1-6,11H2. The van der Waals surface area contributed by atoms with Crippen LogP contribution in [0.25, 0.3) is 0 Å². The quantitative estimate of drug-likeness (QED) is 0.777. The SMILES string of the molecule is NCCc1ncc(CC2CCCO2)o1. The van der Waals surface area contributed by atoms with Crippen molar-refractivity contribution in [3.8, 4) is 0 Å². The van der Waals surface area contributed by atoms with E-state index in [9.17, 15) is 0 Å². The number of oxazole rings is 1. The van der Waals surface area contributed by atoms with Crippen molar-refractivity contribution in [2.45, 2.75) is 31.8 Å². The van der Waals surface area contributed by atoms with Crippen LogP contribution in [0.5, 0.6) is 0 Å². The molecule has 0 aliphatic carbocycles. The van der Waals surface area contributed by atoms with Gasteiger partial charge < -0.3 is 14.9 Å². The molecule has 1 fully saturated rings. The first-order valence-corrected chi connectivity index (χ1v) is 5.13. The molecule has 2 N–H and O–H groups in total. The number of ether oxygens (including phenoxy) is 1. The number of hydrogen-bond acceptors (Lipinski definition) is 4. The Morgan fingerprint density at radius 2 is 2.50 bits per heavy atom. The molecular formula is C10H16N2O2. The van der Waals surface area contributed by atoms with Gasteiger partial charge in [-0.15, -0.1) is 0 Å². The zero-order chi connectivity index (χ0) is 9.80. The molecule has 1 aliphatic heterocycles. The Hall–Kier alpha value is -0.870. The summed E-state index contributed by atoms with van der Waals surface area (Å²) in [7, 11) is 0. The van der Waals surface area contributed by atoms with Gasteiger partial charge in [0.1, 0.15) is 5.76 Å². The fraction of sp³-hybridized carbons (Fsp3) is 0.700. The normalized spacial score (nSPS) is 21.6. The van der Waals surface area contributed by atoms with Gasteiger partial charge in [0.25, 0.3) is 0 Å². The molecule has 0 bridgehead atoms. The lowest BCUT2D eigenvalue weighted by atomic mass is 10.1. The molecule has 1 aliphatic rings. The summed E-state index contributed by atoms with van der Waals surface area (Å²) < 4.78 is 11.0. The molecule has 4 heteroatoms. The third-order valence-corrected chi connectivity index (χ3v) is 2.41. The highest BCUT2D eigenvalue weighted by atomic mass is 16.5. The summed E-state index contributed by atoms with van der Waals surface area (Å²) in [4.78, 5) is 4.15. The van der Waals surface area contributed by atoms with Crippen molar-refractivity contribution in [1.82, 2.24) is 4.98 Å². The van der Waals surface area contributed by atoms with Crippen molar-refractivity contribution >= 4 is 0 Å². The summed E-state index contributed by atoms with van der Waals surface area (Å²) >= 11 is 0. The van der Waals surface area contributed by atoms with Crippen LogP contribution < -0.4 is 5.73 Å². The van der Waals surface area contributed by atoms with Crippen LogP contribution in [0.15, 0.2) is 10.6 Å². The van der Waals surface area contributed by atoms with Gasteiger partial charge >= 0.3 is 0 Å². The Kier molecular flexibility index (Phi) is 3.16. The van der Waals surface area contributed by atoms with E-state index in [1.807, 2.05) is 0 Å². The minimum absolute atomic E-state index is 0.327. The van der Waals surface area contributed by atoms with Crippen molar-refractivity contribution in [3.05, 3.63) is 17.8 Å². The van der Waals surface area contributed by atoms with Crippen LogP contribution >= 0.6 is 0 Å². The van der Waals surface area contributed by atoms with Gasteiger partial charge in [0.2, 0.25) is 0 Å². The predicted molar refractivity (Wildman–Crippen MR) is 51.9 cm³/mol. The third kappa shape index (κ3) is 2.33. The summed E-state index contributed by atoms with van der Waals surface area (Å²) in [6, 6.07) is 0. The first-order valence-electron chi connectivity index (χ1n) is 5.13. The minimum Gasteiger partial charge on any atom is -0.446 e. The molecular weight excluding hydrogens is 180 g/mol. The number of hydrogen-bond donors (Lipinski definition) is 1. The Morgan fingerprint density at radius 3 is 3.21 bits per heavy atom. The van der Waals surface area contributed by atoms with Crippen LogP contribution in [-0.2, 0) is 17.6 Å². The van der Waals surface area contributed by atoms with Crippen LogP contribution in [-0.4, -0.2) is 24.2 Å². The number of nitrogens with zero attached hydrogens (tertiary/aromatic N) is 1. The van der Waals surface area contributed by atoms with E-state index in [-0.39, 0.29) is 0 Å². The number of aromatic nitrogens is 1. The molecule has 1 aromatic heterocycles. The molecule has 2 rings (SSSR count). The van der Waals surface area contributed by atoms with Gasteiger partial charge in [0.15, 0.2) is 5.89 Å². The molecule has 1 unspecified atom stereocenters. The molecule has 0 amide bonds. The topological polar surface area (TPSA) is 61.3 Å². The largest absolute Gasteiger partial charge is 0.446 e. The van der Waals surface area contributed by atoms with E-state index in [4.69, 9.17) is 14.9 Å². The van der Waals surface area contributed by atoms with Gasteiger partial charge in [0, 0.05) is 26.0 Å². The van der Waals surface area contributed by atoms with Crippen LogP contribution in [0.2, 0.25) is 0 Å². The van der Waals surface area contributed by atoms with Crippen molar-refractivity contribution in [2.24, 2.45) is 5.73 Å². The van der Waals surface area contributed by atoms with E-state index in [1.54, 1.807) is 6.20 Å². The lowest BCUT2D eigenvalue weighted by molar-refractivity contribution is 0.106. The smallest absolute Gasteiger partial charge is 0.195 e. The second-order valence-corrected chi connectivity index (χ2v) is 3.60. The molecule has 78 valence electrons. The molecule has 0 saturated carbocycles. The van der Waals surface area contributed by atoms with Crippen molar-refractivity contribution in [2.75, 3.05) is 13.2 Å². The number of rotatable bonds is 4. The van der Waals surface area contributed by atoms with Crippen LogP contribution in [0.3, 0.4) is 0 Å². The monoisotopic (exact) mass is 196 g/mol. The summed E-state index contributed by atoms with van der Waals surface area (Å²) in [5.74, 6) is 1.65. The first kappa shape index (κ1) is 9.68. The summed E-state index contributed by atoms with van der Waals surface area (Å²) in [5, 5.41) is 0. The van der Waals surface area contributed by atoms with Crippen LogP contribution in [0.1, 0.15) is 24.5 Å².